The standard InChI is InChI=1S/C10H8ClNO2/c1-13-8-4-2-3-7-5-6-9(14-11)12-10(7)8/h2-6H,1H3. The fourth-order valence-corrected chi connectivity index (χ4v) is 1.40. The zero-order valence-electron chi connectivity index (χ0n) is 7.53. The fourth-order valence-electron chi connectivity index (χ4n) is 1.31. The van der Waals surface area contributed by atoms with Crippen LogP contribution in [0.4, 0.5) is 0 Å². The van der Waals surface area contributed by atoms with Gasteiger partial charge in [-0.05, 0) is 12.1 Å². The monoisotopic (exact) mass is 209 g/mol. The van der Waals surface area contributed by atoms with E-state index in [1.165, 1.54) is 0 Å². The number of rotatable bonds is 2. The Morgan fingerprint density at radius 3 is 2.79 bits per heavy atom. The summed E-state index contributed by atoms with van der Waals surface area (Å²) < 4.78 is 9.69. The number of nitrogens with zero attached hydrogens (tertiary/aromatic N) is 1. The topological polar surface area (TPSA) is 31.4 Å². The molecule has 0 aliphatic rings. The van der Waals surface area contributed by atoms with E-state index in [0.29, 0.717) is 11.6 Å². The molecule has 0 atom stereocenters. The van der Waals surface area contributed by atoms with Gasteiger partial charge in [0.05, 0.1) is 7.11 Å². The highest BCUT2D eigenvalue weighted by atomic mass is 35.5. The Hall–Kier alpha value is -1.48. The van der Waals surface area contributed by atoms with Gasteiger partial charge in [0.2, 0.25) is 5.88 Å². The van der Waals surface area contributed by atoms with Gasteiger partial charge in [-0.3, -0.25) is 0 Å². The molecule has 0 fully saturated rings. The molecule has 0 saturated carbocycles. The maximum atomic E-state index is 5.22. The molecule has 2 aromatic rings. The van der Waals surface area contributed by atoms with Crippen LogP contribution in [0.1, 0.15) is 0 Å². The van der Waals surface area contributed by atoms with Crippen molar-refractivity contribution in [3.63, 3.8) is 0 Å². The van der Waals surface area contributed by atoms with Crippen molar-refractivity contribution in [1.82, 2.24) is 4.98 Å². The Morgan fingerprint density at radius 2 is 2.07 bits per heavy atom. The third-order valence-electron chi connectivity index (χ3n) is 1.96. The summed E-state index contributed by atoms with van der Waals surface area (Å²) in [6.07, 6.45) is 0. The maximum Gasteiger partial charge on any atom is 0.237 e. The van der Waals surface area contributed by atoms with Gasteiger partial charge >= 0.3 is 0 Å². The molecule has 0 N–H and O–H groups in total. The van der Waals surface area contributed by atoms with Crippen LogP contribution in [0.5, 0.6) is 11.6 Å². The zero-order valence-corrected chi connectivity index (χ0v) is 8.28. The van der Waals surface area contributed by atoms with Crippen LogP contribution in [-0.4, -0.2) is 12.1 Å². The Labute approximate surface area is 86.4 Å². The summed E-state index contributed by atoms with van der Waals surface area (Å²) in [5.41, 5.74) is 0.744. The fraction of sp³-hybridized carbons (Fsp3) is 0.100. The van der Waals surface area contributed by atoms with E-state index in [-0.39, 0.29) is 0 Å². The van der Waals surface area contributed by atoms with Crippen molar-refractivity contribution in [1.29, 1.82) is 0 Å². The second-order valence-corrected chi connectivity index (χ2v) is 2.91. The number of para-hydroxylation sites is 1. The van der Waals surface area contributed by atoms with Gasteiger partial charge in [-0.2, -0.15) is 0 Å². The molecule has 0 radical (unpaired) electrons. The van der Waals surface area contributed by atoms with Crippen molar-refractivity contribution < 1.29 is 9.03 Å². The zero-order chi connectivity index (χ0) is 9.97. The van der Waals surface area contributed by atoms with Crippen LogP contribution < -0.4 is 9.03 Å². The van der Waals surface area contributed by atoms with E-state index in [9.17, 15) is 0 Å². The summed E-state index contributed by atoms with van der Waals surface area (Å²) in [5.74, 6) is 1.07. The lowest BCUT2D eigenvalue weighted by Gasteiger charge is -2.04. The number of hydrogen-bond acceptors (Lipinski definition) is 3. The van der Waals surface area contributed by atoms with E-state index < -0.39 is 0 Å². The Kier molecular flexibility index (Phi) is 2.41. The van der Waals surface area contributed by atoms with Gasteiger partial charge in [-0.25, -0.2) is 4.98 Å². The minimum absolute atomic E-state index is 0.365. The second kappa shape index (κ2) is 3.72. The van der Waals surface area contributed by atoms with E-state index in [0.717, 1.165) is 10.9 Å². The van der Waals surface area contributed by atoms with E-state index in [1.54, 1.807) is 13.2 Å². The SMILES string of the molecule is COc1cccc2ccc(OCl)nc12. The molecule has 1 aromatic heterocycles. The number of methoxy groups -OCH3 is 1. The number of benzene rings is 1. The molecule has 1 aromatic carbocycles. The van der Waals surface area contributed by atoms with Crippen molar-refractivity contribution in [2.75, 3.05) is 7.11 Å². The summed E-state index contributed by atoms with van der Waals surface area (Å²) >= 11 is 5.22. The molecular weight excluding hydrogens is 202 g/mol. The minimum atomic E-state index is 0.365. The van der Waals surface area contributed by atoms with Gasteiger partial charge in [0.15, 0.2) is 0 Å². The van der Waals surface area contributed by atoms with Crippen molar-refractivity contribution in [3.8, 4) is 11.6 Å². The molecule has 4 heteroatoms. The molecule has 72 valence electrons. The van der Waals surface area contributed by atoms with Gasteiger partial charge in [0.1, 0.15) is 23.1 Å². The molecule has 0 amide bonds. The molecule has 0 bridgehead atoms. The minimum Gasteiger partial charge on any atom is -0.494 e. The summed E-state index contributed by atoms with van der Waals surface area (Å²) in [6.45, 7) is 0. The van der Waals surface area contributed by atoms with Gasteiger partial charge in [-0.1, -0.05) is 12.1 Å². The molecule has 0 aliphatic carbocycles. The molecule has 0 aliphatic heterocycles. The molecule has 0 spiro atoms. The molecule has 3 nitrogen and oxygen atoms in total. The summed E-state index contributed by atoms with van der Waals surface area (Å²) in [5, 5.41) is 0.988. The summed E-state index contributed by atoms with van der Waals surface area (Å²) in [7, 11) is 1.60. The van der Waals surface area contributed by atoms with Crippen molar-refractivity contribution >= 4 is 22.8 Å². The number of aromatic nitrogens is 1. The molecular formula is C10H8ClNO2. The lowest BCUT2D eigenvalue weighted by atomic mass is 10.2. The molecule has 2 rings (SSSR count). The van der Waals surface area contributed by atoms with Gasteiger partial charge in [-0.15, -0.1) is 0 Å². The second-order valence-electron chi connectivity index (χ2n) is 2.76. The number of pyridine rings is 1. The van der Waals surface area contributed by atoms with Gasteiger partial charge in [0, 0.05) is 11.5 Å². The van der Waals surface area contributed by atoms with E-state index >= 15 is 0 Å². The predicted octanol–water partition coefficient (Wildman–Crippen LogP) is 2.78. The largest absolute Gasteiger partial charge is 0.494 e. The highest BCUT2D eigenvalue weighted by molar-refractivity contribution is 6.09. The normalized spacial score (nSPS) is 10.1. The highest BCUT2D eigenvalue weighted by Crippen LogP contribution is 2.25. The average Bonchev–Trinajstić information content (AvgIpc) is 2.27. The number of hydrogen-bond donors (Lipinski definition) is 0. The summed E-state index contributed by atoms with van der Waals surface area (Å²) in [4.78, 5) is 4.19. The van der Waals surface area contributed by atoms with E-state index in [4.69, 9.17) is 16.6 Å². The van der Waals surface area contributed by atoms with Crippen LogP contribution in [0.25, 0.3) is 10.9 Å². The first-order valence-corrected chi connectivity index (χ1v) is 4.38. The number of ether oxygens (including phenoxy) is 1. The van der Waals surface area contributed by atoms with Crippen LogP contribution in [0.15, 0.2) is 30.3 Å². The van der Waals surface area contributed by atoms with Crippen molar-refractivity contribution in [2.45, 2.75) is 0 Å². The summed E-state index contributed by atoms with van der Waals surface area (Å²) in [6, 6.07) is 9.28. The van der Waals surface area contributed by atoms with E-state index in [1.807, 2.05) is 24.3 Å². The third kappa shape index (κ3) is 1.46. The Morgan fingerprint density at radius 1 is 1.21 bits per heavy atom. The Bertz CT molecular complexity index is 459. The number of fused-ring (bicyclic) bond motifs is 1. The van der Waals surface area contributed by atoms with E-state index in [2.05, 4.69) is 9.27 Å². The van der Waals surface area contributed by atoms with Gasteiger partial charge < -0.3 is 9.03 Å². The quantitative estimate of drug-likeness (QED) is 0.762. The highest BCUT2D eigenvalue weighted by Gasteiger charge is 2.03. The Balaban J connectivity index is 2.70. The molecule has 14 heavy (non-hydrogen) atoms. The number of halogens is 1. The first-order valence-electron chi connectivity index (χ1n) is 4.07. The average molecular weight is 210 g/mol. The van der Waals surface area contributed by atoms with Crippen LogP contribution >= 0.6 is 11.9 Å². The predicted molar refractivity (Wildman–Crippen MR) is 54.8 cm³/mol. The van der Waals surface area contributed by atoms with Crippen LogP contribution in [0, 0.1) is 0 Å². The van der Waals surface area contributed by atoms with Crippen molar-refractivity contribution in [2.24, 2.45) is 0 Å². The maximum absolute atomic E-state index is 5.22. The molecule has 0 saturated heterocycles. The lowest BCUT2D eigenvalue weighted by Crippen LogP contribution is -1.88. The van der Waals surface area contributed by atoms with Gasteiger partial charge in [0.25, 0.3) is 0 Å². The molecule has 1 heterocycles. The lowest BCUT2D eigenvalue weighted by molar-refractivity contribution is 0.418. The van der Waals surface area contributed by atoms with Crippen molar-refractivity contribution in [3.05, 3.63) is 30.3 Å². The third-order valence-corrected chi connectivity index (χ3v) is 2.11. The smallest absolute Gasteiger partial charge is 0.237 e. The van der Waals surface area contributed by atoms with Crippen LogP contribution in [0.2, 0.25) is 0 Å². The first-order chi connectivity index (χ1) is 6.85. The first kappa shape index (κ1) is 9.09. The van der Waals surface area contributed by atoms with Crippen LogP contribution in [0.3, 0.4) is 0 Å². The molecule has 0 unspecified atom stereocenters. The van der Waals surface area contributed by atoms with Crippen LogP contribution in [-0.2, 0) is 0 Å².